The number of likely N-dealkylation sites (tertiary alicyclic amines) is 1. The summed E-state index contributed by atoms with van der Waals surface area (Å²) >= 11 is 0. The number of allylic oxidation sites excluding steroid dienone is 2. The first-order valence-electron chi connectivity index (χ1n) is 9.98. The number of rotatable bonds is 4. The summed E-state index contributed by atoms with van der Waals surface area (Å²) in [6.45, 7) is 0.570. The van der Waals surface area contributed by atoms with Crippen LogP contribution in [-0.4, -0.2) is 58.8 Å². The fourth-order valence-electron chi connectivity index (χ4n) is 4.90. The van der Waals surface area contributed by atoms with Gasteiger partial charge in [-0.15, -0.1) is 0 Å². The Kier molecular flexibility index (Phi) is 4.31. The van der Waals surface area contributed by atoms with Gasteiger partial charge in [-0.3, -0.25) is 9.69 Å². The number of hydrogen-bond donors (Lipinski definition) is 0. The fraction of sp³-hybridized carbons (Fsp3) is 0.500. The van der Waals surface area contributed by atoms with Gasteiger partial charge in [0.25, 0.3) is 0 Å². The summed E-state index contributed by atoms with van der Waals surface area (Å²) in [5.74, 6) is 1.75. The molecule has 0 saturated carbocycles. The maximum atomic E-state index is 12.7. The zero-order chi connectivity index (χ0) is 20.9. The average Bonchev–Trinajstić information content (AvgIpc) is 2.83. The molecule has 0 N–H and O–H groups in total. The minimum absolute atomic E-state index is 0.0595. The molecule has 6 heteroatoms. The van der Waals surface area contributed by atoms with Crippen molar-refractivity contribution in [3.05, 3.63) is 40.7 Å². The van der Waals surface area contributed by atoms with Crippen LogP contribution < -0.4 is 14.2 Å². The Labute approximate surface area is 167 Å². The van der Waals surface area contributed by atoms with Crippen molar-refractivity contribution >= 4 is 5.78 Å². The minimum Gasteiger partial charge on any atom is -0.493 e. The van der Waals surface area contributed by atoms with Gasteiger partial charge in [-0.05, 0) is 62.2 Å². The number of ether oxygens (including phenoxy) is 4. The van der Waals surface area contributed by atoms with E-state index in [1.54, 1.807) is 27.4 Å². The van der Waals surface area contributed by atoms with Crippen LogP contribution >= 0.6 is 0 Å². The molecule has 0 aromatic heterocycles. The summed E-state index contributed by atoms with van der Waals surface area (Å²) in [5, 5.41) is 0. The Hall–Kier alpha value is -2.47. The first-order valence-corrected chi connectivity index (χ1v) is 9.40. The number of methoxy groups -OCH3 is 4. The summed E-state index contributed by atoms with van der Waals surface area (Å²) in [7, 11) is 8.29. The van der Waals surface area contributed by atoms with Crippen LogP contribution in [0, 0.1) is 0 Å². The molecule has 1 unspecified atom stereocenters. The molecule has 1 heterocycles. The largest absolute Gasteiger partial charge is 0.493 e. The number of carbonyl (C=O) groups excluding carboxylic acids is 1. The molecule has 150 valence electrons. The lowest BCUT2D eigenvalue weighted by molar-refractivity contribution is -0.114. The first-order chi connectivity index (χ1) is 13.9. The van der Waals surface area contributed by atoms with Gasteiger partial charge in [0.2, 0.25) is 11.5 Å². The van der Waals surface area contributed by atoms with Crippen LogP contribution in [0.15, 0.2) is 29.6 Å². The predicted molar refractivity (Wildman–Crippen MR) is 105 cm³/mol. The van der Waals surface area contributed by atoms with Gasteiger partial charge in [0.1, 0.15) is 0 Å². The second-order valence-corrected chi connectivity index (χ2v) is 7.42. The predicted octanol–water partition coefficient (Wildman–Crippen LogP) is 2.64. The van der Waals surface area contributed by atoms with Crippen LogP contribution in [0.5, 0.6) is 17.2 Å². The first kappa shape index (κ1) is 17.6. The maximum Gasteiger partial charge on any atom is 0.220 e. The van der Waals surface area contributed by atoms with Crippen LogP contribution in [0.2, 0.25) is 0 Å². The second-order valence-electron chi connectivity index (χ2n) is 7.42. The van der Waals surface area contributed by atoms with Crippen molar-refractivity contribution in [2.75, 3.05) is 42.0 Å². The molecule has 0 radical (unpaired) electrons. The molecule has 3 atom stereocenters. The monoisotopic (exact) mass is 387 g/mol. The van der Waals surface area contributed by atoms with E-state index in [2.05, 4.69) is 4.90 Å². The van der Waals surface area contributed by atoms with Crippen molar-refractivity contribution in [1.29, 1.82) is 0 Å². The van der Waals surface area contributed by atoms with E-state index in [1.807, 2.05) is 19.2 Å². The number of hydrogen-bond acceptors (Lipinski definition) is 6. The number of nitrogens with zero attached hydrogens (tertiary/aromatic N) is 1. The molecule has 1 aliphatic heterocycles. The van der Waals surface area contributed by atoms with Crippen LogP contribution in [0.25, 0.3) is 0 Å². The highest BCUT2D eigenvalue weighted by molar-refractivity contribution is 6.05. The lowest BCUT2D eigenvalue weighted by Gasteiger charge is -2.47. The third kappa shape index (κ3) is 2.47. The number of benzene rings is 1. The smallest absolute Gasteiger partial charge is 0.220 e. The highest BCUT2D eigenvalue weighted by atomic mass is 16.5. The Morgan fingerprint density at radius 1 is 1.14 bits per heavy atom. The van der Waals surface area contributed by atoms with Gasteiger partial charge in [-0.2, -0.15) is 0 Å². The van der Waals surface area contributed by atoms with Crippen molar-refractivity contribution < 1.29 is 25.1 Å². The Bertz CT molecular complexity index is 924. The standard InChI is InChI=1S/C22H27NO5/c1-23-9-8-22-12-18(26-3)16(24)11-14(22)15(23)7-6-13-10-17(25-2)20(27-4)21(28-5)19(13)22/h10-12,15H,6-9H2,1-5H3/t15-,22?/m0/s1/i8T/t8-,15-,22?. The fourth-order valence-corrected chi connectivity index (χ4v) is 4.90. The summed E-state index contributed by atoms with van der Waals surface area (Å²) in [6, 6.07) is 2.04. The van der Waals surface area contributed by atoms with Crippen LogP contribution in [0.4, 0.5) is 0 Å². The molecule has 2 aliphatic carbocycles. The van der Waals surface area contributed by atoms with Crippen molar-refractivity contribution in [3.63, 3.8) is 0 Å². The Morgan fingerprint density at radius 2 is 1.89 bits per heavy atom. The third-order valence-corrected chi connectivity index (χ3v) is 6.19. The highest BCUT2D eigenvalue weighted by Gasteiger charge is 2.51. The van der Waals surface area contributed by atoms with Crippen LogP contribution in [-0.2, 0) is 21.4 Å². The quantitative estimate of drug-likeness (QED) is 0.792. The number of piperidine rings is 1. The van der Waals surface area contributed by atoms with Gasteiger partial charge >= 0.3 is 0 Å². The lowest BCUT2D eigenvalue weighted by atomic mass is 9.64. The van der Waals surface area contributed by atoms with Crippen LogP contribution in [0.1, 0.15) is 25.3 Å². The van der Waals surface area contributed by atoms with Gasteiger partial charge in [0.05, 0.1) is 28.4 Å². The molecule has 28 heavy (non-hydrogen) atoms. The van der Waals surface area contributed by atoms with Gasteiger partial charge in [0, 0.05) is 18.4 Å². The molecular weight excluding hydrogens is 358 g/mol. The van der Waals surface area contributed by atoms with Crippen molar-refractivity contribution in [1.82, 2.24) is 4.90 Å². The number of ketones is 1. The molecule has 1 aromatic carbocycles. The Morgan fingerprint density at radius 3 is 2.54 bits per heavy atom. The number of fused-ring (bicyclic) bond motifs is 1. The molecule has 1 aromatic rings. The Balaban J connectivity index is 2.12. The average molecular weight is 387 g/mol. The minimum atomic E-state index is -0.826. The van der Waals surface area contributed by atoms with E-state index < -0.39 is 11.8 Å². The normalized spacial score (nSPS) is 29.5. The van der Waals surface area contributed by atoms with E-state index in [9.17, 15) is 4.79 Å². The topological polar surface area (TPSA) is 57.2 Å². The van der Waals surface area contributed by atoms with Gasteiger partial charge in [0.15, 0.2) is 17.3 Å². The highest BCUT2D eigenvalue weighted by Crippen LogP contribution is 2.56. The molecule has 6 nitrogen and oxygen atoms in total. The van der Waals surface area contributed by atoms with E-state index >= 15 is 0 Å². The van der Waals surface area contributed by atoms with Crippen molar-refractivity contribution in [2.45, 2.75) is 30.7 Å². The van der Waals surface area contributed by atoms with E-state index in [-0.39, 0.29) is 17.6 Å². The summed E-state index contributed by atoms with van der Waals surface area (Å²) < 4.78 is 31.6. The summed E-state index contributed by atoms with van der Waals surface area (Å²) in [5.41, 5.74) is 2.03. The van der Waals surface area contributed by atoms with Crippen molar-refractivity contribution in [2.24, 2.45) is 0 Å². The molecule has 1 saturated heterocycles. The molecule has 4 rings (SSSR count). The number of carbonyl (C=O) groups is 1. The lowest BCUT2D eigenvalue weighted by Crippen LogP contribution is -2.49. The number of aryl methyl sites for hydroxylation is 1. The summed E-state index contributed by atoms with van der Waals surface area (Å²) in [6.07, 6.45) is 4.58. The van der Waals surface area contributed by atoms with E-state index in [1.165, 1.54) is 7.11 Å². The SMILES string of the molecule is [3H][C@H]1CN(C)[C@H]2CCc3cc(OC)c(OC)c(OC)c3C13C=C(OC)C(=O)C=C23. The van der Waals surface area contributed by atoms with Gasteiger partial charge in [-0.25, -0.2) is 0 Å². The third-order valence-electron chi connectivity index (χ3n) is 6.19. The van der Waals surface area contributed by atoms with Crippen LogP contribution in [0.3, 0.4) is 0 Å². The molecule has 3 aliphatic rings. The van der Waals surface area contributed by atoms with E-state index in [4.69, 9.17) is 20.3 Å². The zero-order valence-electron chi connectivity index (χ0n) is 18.0. The van der Waals surface area contributed by atoms with Crippen molar-refractivity contribution in [3.8, 4) is 17.2 Å². The second kappa shape index (κ2) is 6.85. The molecule has 0 amide bonds. The van der Waals surface area contributed by atoms with Gasteiger partial charge < -0.3 is 18.9 Å². The molecule has 2 bridgehead atoms. The summed E-state index contributed by atoms with van der Waals surface area (Å²) in [4.78, 5) is 14.9. The van der Waals surface area contributed by atoms with E-state index in [0.29, 0.717) is 23.8 Å². The number of likely N-dealkylation sites (N-methyl/N-ethyl adjacent to an activating group) is 1. The van der Waals surface area contributed by atoms with Gasteiger partial charge in [-0.1, -0.05) is 0 Å². The molecular formula is C22H27NO5. The van der Waals surface area contributed by atoms with E-state index in [0.717, 1.165) is 29.5 Å². The molecule has 0 spiro atoms. The maximum absolute atomic E-state index is 12.7. The molecule has 1 fully saturated rings. The zero-order valence-corrected chi connectivity index (χ0v) is 17.0.